The van der Waals surface area contributed by atoms with Crippen molar-refractivity contribution in [1.82, 2.24) is 3.96 Å². The summed E-state index contributed by atoms with van der Waals surface area (Å²) in [6, 6.07) is 15.7. The maximum Gasteiger partial charge on any atom is 0.223 e. The van der Waals surface area contributed by atoms with Crippen molar-refractivity contribution in [1.29, 1.82) is 5.41 Å². The van der Waals surface area contributed by atoms with Gasteiger partial charge in [0.05, 0.1) is 12.8 Å². The van der Waals surface area contributed by atoms with E-state index in [9.17, 15) is 0 Å². The molecule has 3 rings (SSSR count). The Labute approximate surface area is 157 Å². The second-order valence-electron chi connectivity index (χ2n) is 6.16. The molecule has 0 spiro atoms. The van der Waals surface area contributed by atoms with E-state index in [4.69, 9.17) is 15.1 Å². The average molecular weight is 366 g/mol. The molecule has 0 bridgehead atoms. The molecule has 0 fully saturated rings. The van der Waals surface area contributed by atoms with Gasteiger partial charge in [0.1, 0.15) is 11.2 Å². The van der Waals surface area contributed by atoms with Crippen LogP contribution in [0.3, 0.4) is 0 Å². The van der Waals surface area contributed by atoms with Crippen molar-refractivity contribution in [2.75, 3.05) is 12.4 Å². The monoisotopic (exact) mass is 366 g/mol. The van der Waals surface area contributed by atoms with Crippen LogP contribution in [0.4, 0.5) is 11.4 Å². The van der Waals surface area contributed by atoms with E-state index < -0.39 is 0 Å². The van der Waals surface area contributed by atoms with Crippen LogP contribution in [-0.4, -0.2) is 17.0 Å². The molecular formula is C20H22N4OS. The number of aromatic nitrogens is 1. The average Bonchev–Trinajstić information content (AvgIpc) is 2.92. The predicted molar refractivity (Wildman–Crippen MR) is 108 cm³/mol. The molecule has 0 saturated heterocycles. The summed E-state index contributed by atoms with van der Waals surface area (Å²) in [6.45, 7) is 6.12. The number of nitrogens with one attached hydrogen (secondary N) is 2. The summed E-state index contributed by atoms with van der Waals surface area (Å²) in [5.41, 5.74) is 4.45. The van der Waals surface area contributed by atoms with E-state index in [0.29, 0.717) is 11.4 Å². The molecule has 0 atom stereocenters. The smallest absolute Gasteiger partial charge is 0.223 e. The zero-order chi connectivity index (χ0) is 18.7. The van der Waals surface area contributed by atoms with E-state index in [1.807, 2.05) is 37.3 Å². The lowest BCUT2D eigenvalue weighted by Gasteiger charge is -2.12. The number of methoxy groups -OCH3 is 1. The first-order chi connectivity index (χ1) is 12.4. The van der Waals surface area contributed by atoms with Gasteiger partial charge in [-0.1, -0.05) is 23.7 Å². The first kappa shape index (κ1) is 17.9. The minimum absolute atomic E-state index is 0.394. The highest BCUT2D eigenvalue weighted by atomic mass is 32.1. The van der Waals surface area contributed by atoms with Gasteiger partial charge in [-0.15, -0.1) is 0 Å². The van der Waals surface area contributed by atoms with Crippen LogP contribution in [0.25, 0.3) is 0 Å². The standard InChI is InChI=1S/C20H22N4OS/c1-13-8-14(2)10-17(9-13)23-20(24-19(21)11-15(3)26-24)22-16-6-5-7-18(12-16)25-4/h5-12,21H,1-4H3,(H,22,23). The summed E-state index contributed by atoms with van der Waals surface area (Å²) in [6.07, 6.45) is 0. The van der Waals surface area contributed by atoms with Gasteiger partial charge in [0.2, 0.25) is 5.96 Å². The van der Waals surface area contributed by atoms with Crippen LogP contribution in [0.2, 0.25) is 0 Å². The van der Waals surface area contributed by atoms with E-state index in [-0.39, 0.29) is 0 Å². The minimum Gasteiger partial charge on any atom is -0.497 e. The van der Waals surface area contributed by atoms with Crippen LogP contribution in [0.5, 0.6) is 5.75 Å². The second-order valence-corrected chi connectivity index (χ2v) is 7.36. The van der Waals surface area contributed by atoms with Crippen LogP contribution in [0, 0.1) is 26.2 Å². The zero-order valence-corrected chi connectivity index (χ0v) is 16.1. The van der Waals surface area contributed by atoms with Gasteiger partial charge in [-0.05, 0) is 62.2 Å². The van der Waals surface area contributed by atoms with E-state index >= 15 is 0 Å². The van der Waals surface area contributed by atoms with Crippen molar-refractivity contribution in [3.05, 3.63) is 70.0 Å². The lowest BCUT2D eigenvalue weighted by Crippen LogP contribution is -2.28. The Morgan fingerprint density at radius 1 is 1.08 bits per heavy atom. The molecule has 0 amide bonds. The van der Waals surface area contributed by atoms with Crippen LogP contribution in [0.15, 0.2) is 53.5 Å². The van der Waals surface area contributed by atoms with Crippen molar-refractivity contribution in [3.8, 4) is 5.75 Å². The van der Waals surface area contributed by atoms with Gasteiger partial charge in [0, 0.05) is 16.6 Å². The van der Waals surface area contributed by atoms with Crippen molar-refractivity contribution in [3.63, 3.8) is 0 Å². The number of rotatable bonds is 3. The number of anilines is 1. The third-order valence-corrected chi connectivity index (χ3v) is 4.71. The molecule has 0 aliphatic heterocycles. The van der Waals surface area contributed by atoms with E-state index in [0.717, 1.165) is 22.0 Å². The predicted octanol–water partition coefficient (Wildman–Crippen LogP) is 4.61. The van der Waals surface area contributed by atoms with Gasteiger partial charge in [-0.2, -0.15) is 0 Å². The number of hydrogen-bond acceptors (Lipinski definition) is 4. The van der Waals surface area contributed by atoms with Crippen LogP contribution >= 0.6 is 11.5 Å². The van der Waals surface area contributed by atoms with Gasteiger partial charge >= 0.3 is 0 Å². The molecule has 1 aromatic heterocycles. The second kappa shape index (κ2) is 7.58. The van der Waals surface area contributed by atoms with Gasteiger partial charge in [-0.25, -0.2) is 8.95 Å². The Bertz CT molecular complexity index is 996. The maximum atomic E-state index is 8.24. The molecule has 3 aromatic rings. The van der Waals surface area contributed by atoms with Gasteiger partial charge in [0.25, 0.3) is 0 Å². The molecule has 134 valence electrons. The van der Waals surface area contributed by atoms with Crippen LogP contribution < -0.4 is 15.5 Å². The Balaban J connectivity index is 2.08. The molecule has 0 saturated carbocycles. The number of hydrogen-bond donors (Lipinski definition) is 2. The first-order valence-electron chi connectivity index (χ1n) is 8.27. The summed E-state index contributed by atoms with van der Waals surface area (Å²) >= 11 is 1.48. The summed E-state index contributed by atoms with van der Waals surface area (Å²) in [4.78, 5) is 5.80. The third-order valence-electron chi connectivity index (χ3n) is 3.75. The highest BCUT2D eigenvalue weighted by molar-refractivity contribution is 7.07. The summed E-state index contributed by atoms with van der Waals surface area (Å²) in [7, 11) is 1.64. The molecule has 0 aliphatic rings. The summed E-state index contributed by atoms with van der Waals surface area (Å²) in [5.74, 6) is 1.34. The molecule has 6 heteroatoms. The lowest BCUT2D eigenvalue weighted by molar-refractivity contribution is 0.415. The molecule has 2 aromatic carbocycles. The number of aryl methyl sites for hydroxylation is 3. The minimum atomic E-state index is 0.394. The highest BCUT2D eigenvalue weighted by Crippen LogP contribution is 2.21. The largest absolute Gasteiger partial charge is 0.497 e. The fourth-order valence-electron chi connectivity index (χ4n) is 2.73. The quantitative estimate of drug-likeness (QED) is 0.525. The van der Waals surface area contributed by atoms with Crippen molar-refractivity contribution in [2.24, 2.45) is 4.99 Å². The highest BCUT2D eigenvalue weighted by Gasteiger charge is 2.09. The lowest BCUT2D eigenvalue weighted by atomic mass is 10.1. The molecule has 0 radical (unpaired) electrons. The molecule has 1 heterocycles. The molecule has 2 N–H and O–H groups in total. The van der Waals surface area contributed by atoms with Crippen molar-refractivity contribution in [2.45, 2.75) is 20.8 Å². The molecule has 26 heavy (non-hydrogen) atoms. The normalized spacial score (nSPS) is 11.5. The van der Waals surface area contributed by atoms with E-state index in [1.54, 1.807) is 11.1 Å². The first-order valence-corrected chi connectivity index (χ1v) is 9.05. The number of aliphatic imine (C=N–C) groups is 1. The van der Waals surface area contributed by atoms with E-state index in [1.165, 1.54) is 22.7 Å². The number of ether oxygens (including phenoxy) is 1. The SMILES string of the molecule is COc1cccc(N=C(Nc2cc(C)cc(C)c2)n2sc(C)cc2=N)c1. The molecule has 0 unspecified atom stereocenters. The Morgan fingerprint density at radius 2 is 1.81 bits per heavy atom. The van der Waals surface area contributed by atoms with Gasteiger partial charge < -0.3 is 10.1 Å². The van der Waals surface area contributed by atoms with Gasteiger partial charge in [0.15, 0.2) is 0 Å². The zero-order valence-electron chi connectivity index (χ0n) is 15.3. The molecule has 0 aliphatic carbocycles. The maximum absolute atomic E-state index is 8.24. The number of benzene rings is 2. The fourth-order valence-corrected chi connectivity index (χ4v) is 3.51. The molecular weight excluding hydrogens is 344 g/mol. The van der Waals surface area contributed by atoms with Crippen LogP contribution in [0.1, 0.15) is 16.0 Å². The Kier molecular flexibility index (Phi) is 5.23. The van der Waals surface area contributed by atoms with Gasteiger partial charge in [-0.3, -0.25) is 5.41 Å². The topological polar surface area (TPSA) is 62.4 Å². The Morgan fingerprint density at radius 3 is 2.42 bits per heavy atom. The van der Waals surface area contributed by atoms with Crippen molar-refractivity contribution >= 4 is 28.9 Å². The summed E-state index contributed by atoms with van der Waals surface area (Å²) in [5, 5.41) is 11.6. The summed E-state index contributed by atoms with van der Waals surface area (Å²) < 4.78 is 7.07. The fraction of sp³-hybridized carbons (Fsp3) is 0.200. The third kappa shape index (κ3) is 4.21. The van der Waals surface area contributed by atoms with Crippen LogP contribution in [-0.2, 0) is 0 Å². The van der Waals surface area contributed by atoms with E-state index in [2.05, 4.69) is 37.4 Å². The Hall–Kier alpha value is -2.86. The number of nitrogens with zero attached hydrogens (tertiary/aromatic N) is 2. The van der Waals surface area contributed by atoms with Crippen molar-refractivity contribution < 1.29 is 4.74 Å². The molecule has 5 nitrogen and oxygen atoms in total.